The average molecular weight is 421 g/mol. The van der Waals surface area contributed by atoms with E-state index < -0.39 is 0 Å². The van der Waals surface area contributed by atoms with Gasteiger partial charge in [-0.05, 0) is 49.8 Å². The molecule has 2 aliphatic carbocycles. The van der Waals surface area contributed by atoms with Crippen molar-refractivity contribution in [3.63, 3.8) is 0 Å². The number of benzene rings is 1. The van der Waals surface area contributed by atoms with Crippen LogP contribution in [0.4, 0.5) is 0 Å². The molecule has 2 saturated carbocycles. The van der Waals surface area contributed by atoms with Crippen molar-refractivity contribution in [2.75, 3.05) is 0 Å². The van der Waals surface area contributed by atoms with Crippen LogP contribution in [0.15, 0.2) is 73.4 Å². The third-order valence-corrected chi connectivity index (χ3v) is 5.42. The minimum atomic E-state index is 0.0691. The summed E-state index contributed by atoms with van der Waals surface area (Å²) in [6.45, 7) is 13.0. The zero-order valence-electron chi connectivity index (χ0n) is 19.7. The van der Waals surface area contributed by atoms with Crippen LogP contribution in [0.3, 0.4) is 0 Å². The molecule has 0 bridgehead atoms. The topological polar surface area (TPSA) is 34.1 Å². The Bertz CT molecular complexity index is 759. The Hall–Kier alpha value is -2.48. The minimum Gasteiger partial charge on any atom is -0.295 e. The lowest BCUT2D eigenvalue weighted by Crippen LogP contribution is -1.92. The molecule has 0 saturated heterocycles. The van der Waals surface area contributed by atoms with E-state index in [0.717, 1.165) is 29.9 Å². The van der Waals surface area contributed by atoms with Crippen LogP contribution in [0, 0.1) is 11.8 Å². The molecule has 1 aromatic rings. The summed E-state index contributed by atoms with van der Waals surface area (Å²) in [5.74, 6) is 1.80. The van der Waals surface area contributed by atoms with Gasteiger partial charge in [0.2, 0.25) is 0 Å². The monoisotopic (exact) mass is 420 g/mol. The average Bonchev–Trinajstić information content (AvgIpc) is 3.69. The van der Waals surface area contributed by atoms with E-state index >= 15 is 0 Å². The first-order valence-electron chi connectivity index (χ1n) is 11.7. The maximum atomic E-state index is 11.2. The molecule has 3 rings (SSSR count). The Kier molecular flexibility index (Phi) is 13.1. The lowest BCUT2D eigenvalue weighted by atomic mass is 10.1. The van der Waals surface area contributed by atoms with Crippen LogP contribution >= 0.6 is 0 Å². The maximum Gasteiger partial charge on any atom is 0.159 e. The normalized spacial score (nSPS) is 15.3. The highest BCUT2D eigenvalue weighted by molar-refractivity contribution is 5.96. The molecular weight excluding hydrogens is 380 g/mol. The van der Waals surface area contributed by atoms with Crippen LogP contribution in [0.5, 0.6) is 0 Å². The van der Waals surface area contributed by atoms with E-state index in [9.17, 15) is 9.59 Å². The van der Waals surface area contributed by atoms with E-state index in [-0.39, 0.29) is 11.6 Å². The van der Waals surface area contributed by atoms with Gasteiger partial charge in [-0.3, -0.25) is 9.59 Å². The quantitative estimate of drug-likeness (QED) is 0.219. The molecule has 1 aromatic carbocycles. The van der Waals surface area contributed by atoms with E-state index in [4.69, 9.17) is 0 Å². The van der Waals surface area contributed by atoms with Crippen molar-refractivity contribution in [1.82, 2.24) is 0 Å². The van der Waals surface area contributed by atoms with Crippen molar-refractivity contribution in [2.24, 2.45) is 11.8 Å². The van der Waals surface area contributed by atoms with Gasteiger partial charge in [0.15, 0.2) is 11.6 Å². The van der Waals surface area contributed by atoms with Crippen LogP contribution in [-0.4, -0.2) is 11.6 Å². The van der Waals surface area contributed by atoms with Crippen molar-refractivity contribution in [3.8, 4) is 0 Å². The Morgan fingerprint density at radius 3 is 2.10 bits per heavy atom. The molecule has 2 fully saturated rings. The summed E-state index contributed by atoms with van der Waals surface area (Å²) in [6.07, 6.45) is 18.0. The van der Waals surface area contributed by atoms with Gasteiger partial charge in [-0.15, -0.1) is 0 Å². The summed E-state index contributed by atoms with van der Waals surface area (Å²) in [5.41, 5.74) is 2.68. The van der Waals surface area contributed by atoms with Crippen molar-refractivity contribution < 1.29 is 9.59 Å². The number of Topliss-reactive ketones (excluding diaryl/α,β-unsaturated/α-hetero) is 1. The highest BCUT2D eigenvalue weighted by Gasteiger charge is 2.26. The number of rotatable bonds is 10. The fourth-order valence-corrected chi connectivity index (χ4v) is 2.98. The molecule has 2 aliphatic rings. The second-order valence-electron chi connectivity index (χ2n) is 8.34. The third-order valence-electron chi connectivity index (χ3n) is 5.42. The van der Waals surface area contributed by atoms with Gasteiger partial charge < -0.3 is 0 Å². The molecule has 0 aliphatic heterocycles. The van der Waals surface area contributed by atoms with Crippen molar-refractivity contribution >= 4 is 17.1 Å². The number of allylic oxidation sites excluding steroid dienone is 6. The second kappa shape index (κ2) is 15.3. The molecule has 0 heterocycles. The number of carbonyl (C=O) groups is 2. The second-order valence-corrected chi connectivity index (χ2v) is 8.34. The summed E-state index contributed by atoms with van der Waals surface area (Å²) in [7, 11) is 0. The molecular formula is C29H40O2. The molecule has 0 unspecified atom stereocenters. The van der Waals surface area contributed by atoms with Crippen LogP contribution in [0.25, 0.3) is 5.57 Å². The molecule has 2 nitrogen and oxygen atoms in total. The summed E-state index contributed by atoms with van der Waals surface area (Å²) < 4.78 is 0. The zero-order valence-corrected chi connectivity index (χ0v) is 19.7. The van der Waals surface area contributed by atoms with E-state index in [1.165, 1.54) is 44.6 Å². The molecule has 31 heavy (non-hydrogen) atoms. The fourth-order valence-electron chi connectivity index (χ4n) is 2.98. The van der Waals surface area contributed by atoms with Gasteiger partial charge in [-0.25, -0.2) is 0 Å². The minimum absolute atomic E-state index is 0.0691. The van der Waals surface area contributed by atoms with Gasteiger partial charge in [-0.1, -0.05) is 107 Å². The molecule has 0 atom stereocenters. The molecule has 0 N–H and O–H groups in total. The van der Waals surface area contributed by atoms with E-state index in [1.807, 2.05) is 43.3 Å². The summed E-state index contributed by atoms with van der Waals surface area (Å²) in [6, 6.07) is 9.89. The van der Waals surface area contributed by atoms with Gasteiger partial charge in [0, 0.05) is 11.5 Å². The van der Waals surface area contributed by atoms with E-state index in [1.54, 1.807) is 19.1 Å². The van der Waals surface area contributed by atoms with Gasteiger partial charge in [0.05, 0.1) is 0 Å². The number of hydrogen-bond acceptors (Lipinski definition) is 2. The van der Waals surface area contributed by atoms with Crippen LogP contribution in [0.1, 0.15) is 77.7 Å². The first-order valence-corrected chi connectivity index (χ1v) is 11.7. The zero-order chi connectivity index (χ0) is 23.1. The Morgan fingerprint density at radius 2 is 1.68 bits per heavy atom. The summed E-state index contributed by atoms with van der Waals surface area (Å²) >= 11 is 0. The van der Waals surface area contributed by atoms with Gasteiger partial charge in [0.25, 0.3) is 0 Å². The smallest absolute Gasteiger partial charge is 0.159 e. The molecule has 0 amide bonds. The van der Waals surface area contributed by atoms with Crippen LogP contribution < -0.4 is 0 Å². The van der Waals surface area contributed by atoms with Crippen LogP contribution in [-0.2, 0) is 9.59 Å². The van der Waals surface area contributed by atoms with Crippen molar-refractivity contribution in [3.05, 3.63) is 78.9 Å². The van der Waals surface area contributed by atoms with E-state index in [2.05, 4.69) is 20.1 Å². The molecule has 0 aromatic heterocycles. The molecule has 0 spiro atoms. The van der Waals surface area contributed by atoms with Crippen LogP contribution in [0.2, 0.25) is 0 Å². The van der Waals surface area contributed by atoms with Crippen molar-refractivity contribution in [2.45, 2.75) is 72.1 Å². The standard InChI is InChI=1S/C15H16O.C8H16.C6H8O/c1-4-14(13(3)16)11-10-12(2)15-8-6-5-7-9-15;1-2-3-4-5-8-6-7-8;1-2-6(7)5-3-4-5/h4-11H,2H2,1,3H3;8H,2-7H2,1H3;2,5H,1,3-4H2/b11-10-,14-4+;;. The predicted molar refractivity (Wildman–Crippen MR) is 134 cm³/mol. The van der Waals surface area contributed by atoms with Gasteiger partial charge in [0.1, 0.15) is 0 Å². The third kappa shape index (κ3) is 12.7. The summed E-state index contributed by atoms with van der Waals surface area (Å²) in [5, 5.41) is 0. The Balaban J connectivity index is 0.000000264. The maximum absolute atomic E-state index is 11.2. The number of ketones is 2. The predicted octanol–water partition coefficient (Wildman–Crippen LogP) is 7.92. The highest BCUT2D eigenvalue weighted by Crippen LogP contribution is 2.33. The first-order chi connectivity index (χ1) is 14.9. The fraction of sp³-hybridized carbons (Fsp3) is 0.448. The number of unbranched alkanes of at least 4 members (excludes halogenated alkanes) is 2. The number of carbonyl (C=O) groups excluding carboxylic acids is 2. The SMILES string of the molecule is C=C(/C=C\C(=C/C)C(C)=O)c1ccccc1.C=CC(=O)C1CC1.CCCCCC1CC1. The molecule has 168 valence electrons. The molecule has 0 radical (unpaired) electrons. The number of hydrogen-bond donors (Lipinski definition) is 0. The van der Waals surface area contributed by atoms with Gasteiger partial charge >= 0.3 is 0 Å². The lowest BCUT2D eigenvalue weighted by molar-refractivity contribution is -0.115. The molecule has 2 heteroatoms. The Labute approximate surface area is 189 Å². The highest BCUT2D eigenvalue weighted by atomic mass is 16.1. The lowest BCUT2D eigenvalue weighted by Gasteiger charge is -1.99. The first kappa shape index (κ1) is 26.6. The van der Waals surface area contributed by atoms with Gasteiger partial charge in [-0.2, -0.15) is 0 Å². The van der Waals surface area contributed by atoms with Crippen molar-refractivity contribution in [1.29, 1.82) is 0 Å². The Morgan fingerprint density at radius 1 is 1.03 bits per heavy atom. The van der Waals surface area contributed by atoms with E-state index in [0.29, 0.717) is 11.5 Å². The largest absolute Gasteiger partial charge is 0.295 e. The summed E-state index contributed by atoms with van der Waals surface area (Å²) in [4.78, 5) is 21.6.